The number of aliphatic carboxylic acids is 1. The summed E-state index contributed by atoms with van der Waals surface area (Å²) in [5, 5.41) is 25.9. The summed E-state index contributed by atoms with van der Waals surface area (Å²) in [6.07, 6.45) is 0.363. The topological polar surface area (TPSA) is 203 Å². The van der Waals surface area contributed by atoms with E-state index in [9.17, 15) is 38.7 Å². The third kappa shape index (κ3) is 11.6. The number of anilines is 1. The fraction of sp³-hybridized carbons (Fsp3) is 0.271. The lowest BCUT2D eigenvalue weighted by Crippen LogP contribution is -2.58. The smallest absolute Gasteiger partial charge is 0.326 e. The van der Waals surface area contributed by atoms with Gasteiger partial charge >= 0.3 is 5.97 Å². The van der Waals surface area contributed by atoms with Crippen molar-refractivity contribution < 1.29 is 38.7 Å². The minimum absolute atomic E-state index is 0.00470. The highest BCUT2D eigenvalue weighted by molar-refractivity contribution is 7.09. The number of likely N-dealkylation sites (tertiary alicyclic amines) is 1. The first-order valence-corrected chi connectivity index (χ1v) is 21.7. The second-order valence-electron chi connectivity index (χ2n) is 15.6. The molecule has 4 heterocycles. The Hall–Kier alpha value is -7.13. The highest BCUT2D eigenvalue weighted by Gasteiger charge is 2.39. The van der Waals surface area contributed by atoms with E-state index >= 15 is 0 Å². The first kappa shape index (κ1) is 43.9. The van der Waals surface area contributed by atoms with Crippen LogP contribution in [-0.4, -0.2) is 82.1 Å². The molecule has 1 unspecified atom stereocenters. The fourth-order valence-corrected chi connectivity index (χ4v) is 8.56. The average molecular weight is 869 g/mol. The van der Waals surface area contributed by atoms with Gasteiger partial charge in [-0.1, -0.05) is 103 Å². The third-order valence-corrected chi connectivity index (χ3v) is 12.0. The summed E-state index contributed by atoms with van der Waals surface area (Å²) in [7, 11) is 0. The molecule has 3 aliphatic rings. The molecular formula is C48H48N6O8S. The van der Waals surface area contributed by atoms with E-state index in [2.05, 4.69) is 26.6 Å². The zero-order chi connectivity index (χ0) is 44.3. The SMILES string of the molecule is O=C1CCC(=O)N[C@H](Cc2cccs2)C(=O)N[C@@H](Cc2ccc(-c3ccccc3)cc2)C(=O)N[C@H](Cc2ccccc2)C(=O)NC(C(=O)N2CCC[C@H]2C(=O)O)c2ccc(cc2)N1. The number of rotatable bonds is 9. The van der Waals surface area contributed by atoms with Crippen LogP contribution in [0.3, 0.4) is 0 Å². The Morgan fingerprint density at radius 3 is 1.79 bits per heavy atom. The molecule has 2 bridgehead atoms. The van der Waals surface area contributed by atoms with Gasteiger partial charge in [0.05, 0.1) is 0 Å². The van der Waals surface area contributed by atoms with E-state index in [1.165, 1.54) is 16.2 Å². The second-order valence-corrected chi connectivity index (χ2v) is 16.7. The quantitative estimate of drug-likeness (QED) is 0.116. The van der Waals surface area contributed by atoms with Crippen molar-refractivity contribution in [1.29, 1.82) is 0 Å². The summed E-state index contributed by atoms with van der Waals surface area (Å²) in [6.45, 7) is 0.162. The van der Waals surface area contributed by atoms with Crippen LogP contribution < -0.4 is 26.6 Å². The van der Waals surface area contributed by atoms with Crippen molar-refractivity contribution in [2.24, 2.45) is 0 Å². The van der Waals surface area contributed by atoms with E-state index in [0.717, 1.165) is 16.0 Å². The molecule has 14 nitrogen and oxygen atoms in total. The van der Waals surface area contributed by atoms with Crippen LogP contribution in [0.25, 0.3) is 11.1 Å². The molecule has 8 rings (SSSR count). The third-order valence-electron chi connectivity index (χ3n) is 11.1. The minimum Gasteiger partial charge on any atom is -0.480 e. The van der Waals surface area contributed by atoms with Gasteiger partial charge in [0, 0.05) is 49.2 Å². The van der Waals surface area contributed by atoms with Crippen LogP contribution in [0.4, 0.5) is 5.69 Å². The molecule has 15 heteroatoms. The van der Waals surface area contributed by atoms with Gasteiger partial charge in [0.15, 0.2) is 0 Å². The van der Waals surface area contributed by atoms with Gasteiger partial charge in [0.2, 0.25) is 29.5 Å². The number of carbonyl (C=O) groups is 7. The number of hydrogen-bond acceptors (Lipinski definition) is 8. The maximum absolute atomic E-state index is 14.7. The van der Waals surface area contributed by atoms with Gasteiger partial charge in [-0.3, -0.25) is 28.8 Å². The molecule has 6 N–H and O–H groups in total. The maximum Gasteiger partial charge on any atom is 0.326 e. The lowest BCUT2D eigenvalue weighted by Gasteiger charge is -2.30. The number of carboxylic acids is 1. The van der Waals surface area contributed by atoms with Crippen LogP contribution in [-0.2, 0) is 52.8 Å². The monoisotopic (exact) mass is 868 g/mol. The van der Waals surface area contributed by atoms with Crippen LogP contribution in [0.15, 0.2) is 127 Å². The van der Waals surface area contributed by atoms with E-state index in [1.54, 1.807) is 48.5 Å². The largest absolute Gasteiger partial charge is 0.480 e. The lowest BCUT2D eigenvalue weighted by molar-refractivity contribution is -0.149. The second kappa shape index (κ2) is 20.6. The first-order chi connectivity index (χ1) is 30.5. The molecule has 0 saturated carbocycles. The Kier molecular flexibility index (Phi) is 14.4. The van der Waals surface area contributed by atoms with E-state index in [-0.39, 0.29) is 45.1 Å². The van der Waals surface area contributed by atoms with Crippen LogP contribution >= 0.6 is 11.3 Å². The molecule has 3 aliphatic heterocycles. The minimum atomic E-state index is -1.37. The van der Waals surface area contributed by atoms with Gasteiger partial charge in [-0.25, -0.2) is 4.79 Å². The average Bonchev–Trinajstić information content (AvgIpc) is 4.01. The highest BCUT2D eigenvalue weighted by Crippen LogP contribution is 2.26. The number of nitrogens with one attached hydrogen (secondary N) is 5. The number of thiophene rings is 1. The Morgan fingerprint density at radius 1 is 0.603 bits per heavy atom. The van der Waals surface area contributed by atoms with Crippen LogP contribution in [0.5, 0.6) is 0 Å². The normalized spacial score (nSPS) is 21.4. The van der Waals surface area contributed by atoms with E-state index < -0.39 is 71.6 Å². The summed E-state index contributed by atoms with van der Waals surface area (Å²) in [5.74, 6) is -4.92. The Balaban J connectivity index is 1.25. The molecule has 5 atom stereocenters. The molecule has 324 valence electrons. The number of nitrogens with zero attached hydrogens (tertiary/aromatic N) is 1. The first-order valence-electron chi connectivity index (χ1n) is 20.8. The number of benzene rings is 4. The molecule has 0 aliphatic carbocycles. The number of carboxylic acid groups (broad SMARTS) is 1. The zero-order valence-corrected chi connectivity index (χ0v) is 35.1. The van der Waals surface area contributed by atoms with Gasteiger partial charge in [-0.05, 0) is 64.2 Å². The van der Waals surface area contributed by atoms with Gasteiger partial charge in [0.1, 0.15) is 30.2 Å². The van der Waals surface area contributed by atoms with Crippen molar-refractivity contribution in [2.75, 3.05) is 11.9 Å². The molecule has 0 radical (unpaired) electrons. The van der Waals surface area contributed by atoms with E-state index in [0.29, 0.717) is 28.8 Å². The van der Waals surface area contributed by atoms with Crippen molar-refractivity contribution in [3.05, 3.63) is 148 Å². The maximum atomic E-state index is 14.7. The fourth-order valence-electron chi connectivity index (χ4n) is 7.81. The number of hydrogen-bond donors (Lipinski definition) is 6. The molecule has 5 aromatic rings. The van der Waals surface area contributed by atoms with Gasteiger partial charge < -0.3 is 36.6 Å². The van der Waals surface area contributed by atoms with Gasteiger partial charge in [-0.2, -0.15) is 0 Å². The van der Waals surface area contributed by atoms with E-state index in [4.69, 9.17) is 0 Å². The number of amides is 6. The predicted molar refractivity (Wildman–Crippen MR) is 237 cm³/mol. The summed E-state index contributed by atoms with van der Waals surface area (Å²) in [4.78, 5) is 98.5. The molecule has 63 heavy (non-hydrogen) atoms. The Bertz CT molecular complexity index is 2410. The van der Waals surface area contributed by atoms with Crippen molar-refractivity contribution in [3.63, 3.8) is 0 Å². The summed E-state index contributed by atoms with van der Waals surface area (Å²) in [5.41, 5.74) is 3.99. The van der Waals surface area contributed by atoms with Crippen molar-refractivity contribution in [1.82, 2.24) is 26.2 Å². The molecule has 1 fully saturated rings. The Labute approximate surface area is 368 Å². The van der Waals surface area contributed by atoms with Crippen LogP contribution in [0.2, 0.25) is 0 Å². The van der Waals surface area contributed by atoms with Gasteiger partial charge in [-0.15, -0.1) is 11.3 Å². The molecule has 1 aromatic heterocycles. The Morgan fingerprint density at radius 2 is 1.17 bits per heavy atom. The van der Waals surface area contributed by atoms with Crippen LogP contribution in [0, 0.1) is 0 Å². The summed E-state index contributed by atoms with van der Waals surface area (Å²) >= 11 is 1.40. The number of carbonyl (C=O) groups excluding carboxylic acids is 6. The zero-order valence-electron chi connectivity index (χ0n) is 34.3. The lowest BCUT2D eigenvalue weighted by atomic mass is 9.98. The number of fused-ring (bicyclic) bond motifs is 17. The highest BCUT2D eigenvalue weighted by atomic mass is 32.1. The molecule has 0 spiro atoms. The standard InChI is InChI=1S/C48H48N6O8S/c55-41-23-24-42(56)50-39(29-36-13-8-26-63-36)45(58)51-37(28-31-15-17-33(18-16-31)32-11-5-2-6-12-32)44(57)52-38(27-30-9-3-1-4-10-30)46(59)53-43(34-19-21-35(49-41)22-20-34)47(60)54-25-7-14-40(54)48(61)62/h1-6,8-13,15-22,26,37-40,43H,7,14,23-25,27-29H2,(H,49,55)(H,50,56)(H,51,58)(H,52,57)(H,53,59)(H,61,62)/t37-,38+,39+,40-,43?/m0/s1. The summed E-state index contributed by atoms with van der Waals surface area (Å²) < 4.78 is 0. The molecule has 1 saturated heterocycles. The molecule has 4 aromatic carbocycles. The van der Waals surface area contributed by atoms with Crippen molar-refractivity contribution in [2.45, 2.75) is 75.2 Å². The van der Waals surface area contributed by atoms with Crippen molar-refractivity contribution in [3.8, 4) is 11.1 Å². The molecular weight excluding hydrogens is 821 g/mol. The van der Waals surface area contributed by atoms with Gasteiger partial charge in [0.25, 0.3) is 5.91 Å². The molecule has 6 amide bonds. The summed E-state index contributed by atoms with van der Waals surface area (Å²) in [6, 6.07) is 30.0. The predicted octanol–water partition coefficient (Wildman–Crippen LogP) is 4.56. The van der Waals surface area contributed by atoms with E-state index in [1.807, 2.05) is 78.2 Å². The van der Waals surface area contributed by atoms with Crippen LogP contribution in [0.1, 0.15) is 53.3 Å². The van der Waals surface area contributed by atoms with Crippen molar-refractivity contribution >= 4 is 58.4 Å².